The maximum atomic E-state index is 12.6. The van der Waals surface area contributed by atoms with Gasteiger partial charge in [0.05, 0.1) is 6.17 Å². The number of hydrogen-bond acceptors (Lipinski definition) is 3. The largest absolute Gasteiger partial charge is 0.277 e. The van der Waals surface area contributed by atoms with Crippen LogP contribution < -0.4 is 0 Å². The van der Waals surface area contributed by atoms with Crippen molar-refractivity contribution in [2.45, 2.75) is 137 Å². The summed E-state index contributed by atoms with van der Waals surface area (Å²) in [5.74, 6) is 0.698. The Kier molecular flexibility index (Phi) is 9.39. The molecule has 174 valence electrons. The van der Waals surface area contributed by atoms with E-state index in [0.717, 1.165) is 25.8 Å². The van der Waals surface area contributed by atoms with Crippen LogP contribution in [0.2, 0.25) is 0 Å². The summed E-state index contributed by atoms with van der Waals surface area (Å²) in [6, 6.07) is 0. The number of hydrogen-bond donors (Lipinski definition) is 0. The summed E-state index contributed by atoms with van der Waals surface area (Å²) < 4.78 is 0. The highest BCUT2D eigenvalue weighted by molar-refractivity contribution is 6.02. The van der Waals surface area contributed by atoms with E-state index in [4.69, 9.17) is 0 Å². The van der Waals surface area contributed by atoms with Crippen LogP contribution in [0.4, 0.5) is 0 Å². The van der Waals surface area contributed by atoms with E-state index in [9.17, 15) is 9.59 Å². The van der Waals surface area contributed by atoms with Gasteiger partial charge in [0.25, 0.3) is 0 Å². The molecule has 2 aliphatic heterocycles. The fourth-order valence-corrected chi connectivity index (χ4v) is 5.46. The van der Waals surface area contributed by atoms with Crippen molar-refractivity contribution in [3.05, 3.63) is 0 Å². The van der Waals surface area contributed by atoms with Gasteiger partial charge in [-0.25, -0.2) is 0 Å². The quantitative estimate of drug-likeness (QED) is 0.266. The predicted octanol–water partition coefficient (Wildman–Crippen LogP) is 6.53. The van der Waals surface area contributed by atoms with Crippen molar-refractivity contribution in [1.29, 1.82) is 0 Å². The first-order valence-electron chi connectivity index (χ1n) is 12.8. The van der Waals surface area contributed by atoms with Gasteiger partial charge >= 0.3 is 0 Å². The minimum Gasteiger partial charge on any atom is -0.277 e. The standard InChI is InChI=1S/C26H48N2O2/c1-7-8-9-10-11-12-13-14-15-16-22(28-23(29)17-18-24(28)30)27-20-19-21(2)25(3,4)26(27,5)6/h21-22H,7-20H2,1-6H3. The molecule has 4 nitrogen and oxygen atoms in total. The van der Waals surface area contributed by atoms with E-state index in [1.807, 2.05) is 0 Å². The van der Waals surface area contributed by atoms with Crippen molar-refractivity contribution in [3.8, 4) is 0 Å². The number of carbonyl (C=O) groups excluding carboxylic acids is 2. The Balaban J connectivity index is 1.99. The van der Waals surface area contributed by atoms with Gasteiger partial charge in [-0.15, -0.1) is 0 Å². The average molecular weight is 421 g/mol. The summed E-state index contributed by atoms with van der Waals surface area (Å²) in [4.78, 5) is 29.4. The monoisotopic (exact) mass is 420 g/mol. The zero-order valence-corrected chi connectivity index (χ0v) is 20.8. The number of likely N-dealkylation sites (tertiary alicyclic amines) is 2. The number of unbranched alkanes of at least 4 members (excludes halogenated alkanes) is 8. The van der Waals surface area contributed by atoms with Crippen molar-refractivity contribution in [1.82, 2.24) is 9.80 Å². The van der Waals surface area contributed by atoms with Crippen molar-refractivity contribution in [2.75, 3.05) is 6.54 Å². The highest BCUT2D eigenvalue weighted by atomic mass is 16.2. The fraction of sp³-hybridized carbons (Fsp3) is 0.923. The molecule has 0 aromatic carbocycles. The van der Waals surface area contributed by atoms with Crippen LogP contribution in [0.5, 0.6) is 0 Å². The van der Waals surface area contributed by atoms with Crippen LogP contribution in [0.15, 0.2) is 0 Å². The Morgan fingerprint density at radius 3 is 1.90 bits per heavy atom. The van der Waals surface area contributed by atoms with Crippen molar-refractivity contribution in [2.24, 2.45) is 11.3 Å². The normalized spacial score (nSPS) is 25.1. The molecule has 0 spiro atoms. The molecule has 2 aliphatic rings. The Morgan fingerprint density at radius 2 is 1.37 bits per heavy atom. The van der Waals surface area contributed by atoms with Crippen LogP contribution in [0.3, 0.4) is 0 Å². The highest BCUT2D eigenvalue weighted by Gasteiger charge is 2.52. The molecule has 2 heterocycles. The number of nitrogens with zero attached hydrogens (tertiary/aromatic N) is 2. The van der Waals surface area contributed by atoms with E-state index in [0.29, 0.717) is 18.8 Å². The second-order valence-corrected chi connectivity index (χ2v) is 10.9. The van der Waals surface area contributed by atoms with Gasteiger partial charge in [-0.3, -0.25) is 19.4 Å². The number of carbonyl (C=O) groups is 2. The summed E-state index contributed by atoms with van der Waals surface area (Å²) >= 11 is 0. The van der Waals surface area contributed by atoms with Crippen LogP contribution in [0.25, 0.3) is 0 Å². The molecular weight excluding hydrogens is 372 g/mol. The van der Waals surface area contributed by atoms with E-state index < -0.39 is 0 Å². The van der Waals surface area contributed by atoms with Gasteiger partial charge in [-0.05, 0) is 38.0 Å². The maximum Gasteiger partial charge on any atom is 0.231 e. The SMILES string of the molecule is CCCCCCCCCCCC(N1C(=O)CCC1=O)N1CCC(C)C(C)(C)C1(C)C. The van der Waals surface area contributed by atoms with E-state index >= 15 is 0 Å². The fourth-order valence-electron chi connectivity index (χ4n) is 5.46. The molecule has 0 N–H and O–H groups in total. The molecule has 2 rings (SSSR count). The van der Waals surface area contributed by atoms with Crippen molar-refractivity contribution in [3.63, 3.8) is 0 Å². The molecule has 2 saturated heterocycles. The van der Waals surface area contributed by atoms with Gasteiger partial charge in [-0.2, -0.15) is 0 Å². The Hall–Kier alpha value is -0.900. The van der Waals surface area contributed by atoms with Gasteiger partial charge in [0, 0.05) is 24.9 Å². The molecule has 0 aromatic heterocycles. The Morgan fingerprint density at radius 1 is 0.867 bits per heavy atom. The molecule has 0 saturated carbocycles. The molecule has 0 aromatic rings. The lowest BCUT2D eigenvalue weighted by Crippen LogP contribution is -2.67. The Bertz CT molecular complexity index is 553. The second-order valence-electron chi connectivity index (χ2n) is 10.9. The maximum absolute atomic E-state index is 12.6. The number of imide groups is 1. The molecule has 0 bridgehead atoms. The van der Waals surface area contributed by atoms with Crippen molar-refractivity contribution < 1.29 is 9.59 Å². The molecule has 0 radical (unpaired) electrons. The molecule has 4 heteroatoms. The summed E-state index contributed by atoms with van der Waals surface area (Å²) in [7, 11) is 0. The van der Waals surface area contributed by atoms with Crippen LogP contribution in [0, 0.1) is 11.3 Å². The molecule has 2 unspecified atom stereocenters. The molecule has 0 aliphatic carbocycles. The zero-order chi connectivity index (χ0) is 22.4. The highest BCUT2D eigenvalue weighted by Crippen LogP contribution is 2.48. The van der Waals surface area contributed by atoms with Gasteiger partial charge in [0.1, 0.15) is 0 Å². The van der Waals surface area contributed by atoms with Gasteiger partial charge in [0.15, 0.2) is 0 Å². The lowest BCUT2D eigenvalue weighted by molar-refractivity contribution is -0.160. The minimum absolute atomic E-state index is 0.0353. The van der Waals surface area contributed by atoms with Crippen molar-refractivity contribution >= 4 is 11.8 Å². The third kappa shape index (κ3) is 5.66. The van der Waals surface area contributed by atoms with E-state index in [1.54, 1.807) is 4.90 Å². The summed E-state index contributed by atoms with van der Waals surface area (Å²) in [5.41, 5.74) is 0.0750. The van der Waals surface area contributed by atoms with Crippen LogP contribution in [0.1, 0.15) is 125 Å². The molecule has 30 heavy (non-hydrogen) atoms. The first-order chi connectivity index (χ1) is 14.1. The summed E-state index contributed by atoms with van der Waals surface area (Å²) in [6.45, 7) is 14.9. The van der Waals surface area contributed by atoms with Crippen LogP contribution in [-0.2, 0) is 9.59 Å². The zero-order valence-electron chi connectivity index (χ0n) is 20.8. The minimum atomic E-state index is -0.0705. The lowest BCUT2D eigenvalue weighted by Gasteiger charge is -2.59. The predicted molar refractivity (Wildman–Crippen MR) is 125 cm³/mol. The molecule has 2 fully saturated rings. The summed E-state index contributed by atoms with van der Waals surface area (Å²) in [5, 5.41) is 0. The topological polar surface area (TPSA) is 40.6 Å². The molecular formula is C26H48N2O2. The number of rotatable bonds is 12. The van der Waals surface area contributed by atoms with Crippen LogP contribution >= 0.6 is 0 Å². The first-order valence-corrected chi connectivity index (χ1v) is 12.8. The molecule has 2 atom stereocenters. The third-order valence-electron chi connectivity index (χ3n) is 8.64. The number of piperidine rings is 1. The van der Waals surface area contributed by atoms with Gasteiger partial charge in [-0.1, -0.05) is 85.5 Å². The average Bonchev–Trinajstić information content (AvgIpc) is 3.01. The number of amides is 2. The summed E-state index contributed by atoms with van der Waals surface area (Å²) in [6.07, 6.45) is 14.4. The smallest absolute Gasteiger partial charge is 0.231 e. The lowest BCUT2D eigenvalue weighted by atomic mass is 9.62. The van der Waals surface area contributed by atoms with Crippen LogP contribution in [-0.4, -0.2) is 39.9 Å². The van der Waals surface area contributed by atoms with Gasteiger partial charge < -0.3 is 0 Å². The van der Waals surface area contributed by atoms with Gasteiger partial charge in [0.2, 0.25) is 11.8 Å². The Labute approximate surface area is 186 Å². The second kappa shape index (κ2) is 11.1. The first kappa shape index (κ1) is 25.4. The van der Waals surface area contributed by atoms with E-state index in [1.165, 1.54) is 51.4 Å². The molecule has 2 amide bonds. The van der Waals surface area contributed by atoms with E-state index in [2.05, 4.69) is 46.4 Å². The third-order valence-corrected chi connectivity index (χ3v) is 8.64. The van der Waals surface area contributed by atoms with E-state index in [-0.39, 0.29) is 28.9 Å².